The van der Waals surface area contributed by atoms with Crippen molar-refractivity contribution in [3.63, 3.8) is 0 Å². The minimum Gasteiger partial charge on any atom is -0.366 e. The molecule has 0 spiro atoms. The van der Waals surface area contributed by atoms with Gasteiger partial charge in [-0.1, -0.05) is 12.1 Å². The number of amides is 1. The number of nitrogens with one attached hydrogen (secondary N) is 1. The number of aromatic nitrogens is 2. The van der Waals surface area contributed by atoms with Gasteiger partial charge in [0, 0.05) is 31.9 Å². The molecule has 0 aliphatic rings. The molecule has 0 bridgehead atoms. The lowest BCUT2D eigenvalue weighted by Gasteiger charge is -2.06. The summed E-state index contributed by atoms with van der Waals surface area (Å²) in [6.45, 7) is 1.50. The van der Waals surface area contributed by atoms with E-state index in [0.717, 1.165) is 24.3 Å². The number of primary amides is 1. The van der Waals surface area contributed by atoms with Crippen molar-refractivity contribution in [1.29, 1.82) is 0 Å². The standard InChI is InChI=1S/C13H16N4O/c1-17-12(6-7-16-17)9-15-8-10-2-4-11(5-3-10)13(14)18/h2-7,15H,8-9H2,1H3,(H2,14,18). The summed E-state index contributed by atoms with van der Waals surface area (Å²) < 4.78 is 1.84. The number of nitrogens with two attached hydrogens (primary N) is 1. The molecule has 0 radical (unpaired) electrons. The van der Waals surface area contributed by atoms with Crippen LogP contribution in [-0.4, -0.2) is 15.7 Å². The van der Waals surface area contributed by atoms with E-state index >= 15 is 0 Å². The number of hydrogen-bond acceptors (Lipinski definition) is 3. The molecule has 0 aliphatic carbocycles. The zero-order valence-electron chi connectivity index (χ0n) is 10.3. The minimum atomic E-state index is -0.399. The summed E-state index contributed by atoms with van der Waals surface area (Å²) in [6, 6.07) is 9.25. The van der Waals surface area contributed by atoms with Crippen molar-refractivity contribution in [2.24, 2.45) is 12.8 Å². The molecule has 0 fully saturated rings. The summed E-state index contributed by atoms with van der Waals surface area (Å²) >= 11 is 0. The lowest BCUT2D eigenvalue weighted by molar-refractivity contribution is 0.100. The normalized spacial score (nSPS) is 10.5. The first-order chi connectivity index (χ1) is 8.66. The first kappa shape index (κ1) is 12.3. The van der Waals surface area contributed by atoms with Crippen LogP contribution in [-0.2, 0) is 20.1 Å². The number of carbonyl (C=O) groups is 1. The van der Waals surface area contributed by atoms with Crippen LogP contribution >= 0.6 is 0 Å². The highest BCUT2D eigenvalue weighted by Gasteiger charge is 2.00. The lowest BCUT2D eigenvalue weighted by atomic mass is 10.1. The molecule has 1 aromatic carbocycles. The van der Waals surface area contributed by atoms with Crippen LogP contribution in [0.5, 0.6) is 0 Å². The topological polar surface area (TPSA) is 72.9 Å². The van der Waals surface area contributed by atoms with Crippen molar-refractivity contribution < 1.29 is 4.79 Å². The molecule has 18 heavy (non-hydrogen) atoms. The molecule has 94 valence electrons. The fourth-order valence-corrected chi connectivity index (χ4v) is 1.70. The molecule has 0 unspecified atom stereocenters. The monoisotopic (exact) mass is 244 g/mol. The smallest absolute Gasteiger partial charge is 0.248 e. The van der Waals surface area contributed by atoms with Crippen molar-refractivity contribution in [3.05, 3.63) is 53.3 Å². The maximum atomic E-state index is 10.9. The number of nitrogens with zero attached hydrogens (tertiary/aromatic N) is 2. The molecule has 1 heterocycles. The molecule has 1 amide bonds. The van der Waals surface area contributed by atoms with Gasteiger partial charge < -0.3 is 11.1 Å². The Labute approximate surface area is 106 Å². The summed E-state index contributed by atoms with van der Waals surface area (Å²) in [5.74, 6) is -0.399. The highest BCUT2D eigenvalue weighted by molar-refractivity contribution is 5.92. The fourth-order valence-electron chi connectivity index (χ4n) is 1.70. The number of benzene rings is 1. The summed E-state index contributed by atoms with van der Waals surface area (Å²) in [5.41, 5.74) is 7.95. The Bertz CT molecular complexity index is 530. The number of aryl methyl sites for hydroxylation is 1. The number of rotatable bonds is 5. The third-order valence-electron chi connectivity index (χ3n) is 2.80. The maximum absolute atomic E-state index is 10.9. The average Bonchev–Trinajstić information content (AvgIpc) is 2.76. The molecular weight excluding hydrogens is 228 g/mol. The van der Waals surface area contributed by atoms with E-state index in [1.165, 1.54) is 0 Å². The molecular formula is C13H16N4O. The van der Waals surface area contributed by atoms with Gasteiger partial charge >= 0.3 is 0 Å². The van der Waals surface area contributed by atoms with Crippen LogP contribution in [0.1, 0.15) is 21.6 Å². The van der Waals surface area contributed by atoms with Crippen molar-refractivity contribution in [3.8, 4) is 0 Å². The van der Waals surface area contributed by atoms with Crippen LogP contribution in [0.3, 0.4) is 0 Å². The van der Waals surface area contributed by atoms with Gasteiger partial charge in [0.15, 0.2) is 0 Å². The van der Waals surface area contributed by atoms with E-state index in [9.17, 15) is 4.79 Å². The number of carbonyl (C=O) groups excluding carboxylic acids is 1. The van der Waals surface area contributed by atoms with Crippen molar-refractivity contribution >= 4 is 5.91 Å². The molecule has 2 aromatic rings. The van der Waals surface area contributed by atoms with E-state index in [1.807, 2.05) is 29.9 Å². The van der Waals surface area contributed by atoms with Crippen LogP contribution in [0.4, 0.5) is 0 Å². The zero-order valence-corrected chi connectivity index (χ0v) is 10.3. The van der Waals surface area contributed by atoms with E-state index in [2.05, 4.69) is 10.4 Å². The number of hydrogen-bond donors (Lipinski definition) is 2. The van der Waals surface area contributed by atoms with E-state index < -0.39 is 5.91 Å². The van der Waals surface area contributed by atoms with E-state index in [0.29, 0.717) is 5.56 Å². The Morgan fingerprint density at radius 3 is 2.56 bits per heavy atom. The fraction of sp³-hybridized carbons (Fsp3) is 0.231. The lowest BCUT2D eigenvalue weighted by Crippen LogP contribution is -2.15. The molecule has 0 aliphatic heterocycles. The van der Waals surface area contributed by atoms with Crippen LogP contribution in [0, 0.1) is 0 Å². The average molecular weight is 244 g/mol. The SMILES string of the molecule is Cn1nccc1CNCc1ccc(C(N)=O)cc1. The van der Waals surface area contributed by atoms with Gasteiger partial charge in [-0.2, -0.15) is 5.10 Å². The van der Waals surface area contributed by atoms with Gasteiger partial charge in [0.25, 0.3) is 0 Å². The Hall–Kier alpha value is -2.14. The highest BCUT2D eigenvalue weighted by Crippen LogP contribution is 2.04. The summed E-state index contributed by atoms with van der Waals surface area (Å²) in [7, 11) is 1.92. The van der Waals surface area contributed by atoms with Gasteiger partial charge in [0.1, 0.15) is 0 Å². The Balaban J connectivity index is 1.87. The van der Waals surface area contributed by atoms with Crippen LogP contribution in [0.2, 0.25) is 0 Å². The quantitative estimate of drug-likeness (QED) is 0.817. The Morgan fingerprint density at radius 2 is 2.00 bits per heavy atom. The van der Waals surface area contributed by atoms with E-state index in [-0.39, 0.29) is 0 Å². The van der Waals surface area contributed by atoms with Crippen LogP contribution in [0.15, 0.2) is 36.5 Å². The van der Waals surface area contributed by atoms with Crippen LogP contribution in [0.25, 0.3) is 0 Å². The molecule has 1 aromatic heterocycles. The molecule has 5 nitrogen and oxygen atoms in total. The third-order valence-corrected chi connectivity index (χ3v) is 2.80. The van der Waals surface area contributed by atoms with Gasteiger partial charge in [0.2, 0.25) is 5.91 Å². The van der Waals surface area contributed by atoms with Crippen molar-refractivity contribution in [1.82, 2.24) is 15.1 Å². The van der Waals surface area contributed by atoms with Gasteiger partial charge in [-0.05, 0) is 23.8 Å². The van der Waals surface area contributed by atoms with Gasteiger partial charge in [-0.3, -0.25) is 9.48 Å². The largest absolute Gasteiger partial charge is 0.366 e. The second kappa shape index (κ2) is 5.46. The first-order valence-corrected chi connectivity index (χ1v) is 5.73. The van der Waals surface area contributed by atoms with Gasteiger partial charge in [0.05, 0.1) is 5.69 Å². The molecule has 0 saturated carbocycles. The predicted octanol–water partition coefficient (Wildman–Crippen LogP) is 0.809. The third kappa shape index (κ3) is 2.95. The van der Waals surface area contributed by atoms with Gasteiger partial charge in [-0.25, -0.2) is 0 Å². The Morgan fingerprint density at radius 1 is 1.28 bits per heavy atom. The molecule has 5 heteroatoms. The van der Waals surface area contributed by atoms with Crippen molar-refractivity contribution in [2.75, 3.05) is 0 Å². The second-order valence-corrected chi connectivity index (χ2v) is 4.11. The first-order valence-electron chi connectivity index (χ1n) is 5.73. The second-order valence-electron chi connectivity index (χ2n) is 4.11. The molecule has 0 saturated heterocycles. The summed E-state index contributed by atoms with van der Waals surface area (Å²) in [6.07, 6.45) is 1.78. The zero-order chi connectivity index (χ0) is 13.0. The van der Waals surface area contributed by atoms with Crippen LogP contribution < -0.4 is 11.1 Å². The highest BCUT2D eigenvalue weighted by atomic mass is 16.1. The summed E-state index contributed by atoms with van der Waals surface area (Å²) in [5, 5.41) is 7.42. The maximum Gasteiger partial charge on any atom is 0.248 e. The molecule has 0 atom stereocenters. The van der Waals surface area contributed by atoms with E-state index in [1.54, 1.807) is 18.3 Å². The summed E-state index contributed by atoms with van der Waals surface area (Å²) in [4.78, 5) is 10.9. The van der Waals surface area contributed by atoms with Crippen molar-refractivity contribution in [2.45, 2.75) is 13.1 Å². The van der Waals surface area contributed by atoms with E-state index in [4.69, 9.17) is 5.73 Å². The molecule has 3 N–H and O–H groups in total. The predicted molar refractivity (Wildman–Crippen MR) is 68.7 cm³/mol. The Kier molecular flexibility index (Phi) is 3.74. The van der Waals surface area contributed by atoms with Gasteiger partial charge in [-0.15, -0.1) is 0 Å². The minimum absolute atomic E-state index is 0.399. The molecule has 2 rings (SSSR count).